The first-order chi connectivity index (χ1) is 4.35. The lowest BCUT2D eigenvalue weighted by Gasteiger charge is -2.09. The summed E-state index contributed by atoms with van der Waals surface area (Å²) in [7, 11) is 0.522. The first kappa shape index (κ1) is 9.14. The van der Waals surface area contributed by atoms with Crippen LogP contribution in [0.15, 0.2) is 0 Å². The summed E-state index contributed by atoms with van der Waals surface area (Å²) in [6.07, 6.45) is 1.09. The molecule has 0 saturated heterocycles. The third-order valence-electron chi connectivity index (χ3n) is 1.10. The van der Waals surface area contributed by atoms with Crippen molar-refractivity contribution in [2.45, 2.75) is 26.3 Å². The standard InChI is InChI=1S/C6H16O2Si/c1-4-6-8-9(5-2)7-3/h9H,4-6H2,1-3H3. The Hall–Kier alpha value is 0.137. The van der Waals surface area contributed by atoms with Crippen LogP contribution < -0.4 is 0 Å². The van der Waals surface area contributed by atoms with Crippen molar-refractivity contribution in [2.75, 3.05) is 13.7 Å². The second-order valence-electron chi connectivity index (χ2n) is 1.94. The molecule has 0 aliphatic rings. The van der Waals surface area contributed by atoms with E-state index in [-0.39, 0.29) is 0 Å². The molecule has 0 radical (unpaired) electrons. The van der Waals surface area contributed by atoms with Gasteiger partial charge in [-0.25, -0.2) is 0 Å². The Morgan fingerprint density at radius 1 is 1.33 bits per heavy atom. The smallest absolute Gasteiger partial charge is 0.320 e. The van der Waals surface area contributed by atoms with Crippen molar-refractivity contribution in [1.29, 1.82) is 0 Å². The number of hydrogen-bond donors (Lipinski definition) is 0. The van der Waals surface area contributed by atoms with Gasteiger partial charge in [-0.1, -0.05) is 13.8 Å². The summed E-state index contributed by atoms with van der Waals surface area (Å²) in [4.78, 5) is 0. The summed E-state index contributed by atoms with van der Waals surface area (Å²) in [5.41, 5.74) is 0. The molecule has 0 aromatic rings. The second kappa shape index (κ2) is 6.26. The van der Waals surface area contributed by atoms with Gasteiger partial charge >= 0.3 is 9.28 Å². The van der Waals surface area contributed by atoms with Crippen LogP contribution in [0.1, 0.15) is 20.3 Å². The topological polar surface area (TPSA) is 18.5 Å². The molecule has 3 heteroatoms. The first-order valence-corrected chi connectivity index (χ1v) is 5.25. The normalized spacial score (nSPS) is 13.7. The third kappa shape index (κ3) is 4.63. The zero-order valence-electron chi connectivity index (χ0n) is 6.52. The van der Waals surface area contributed by atoms with Gasteiger partial charge in [-0.2, -0.15) is 0 Å². The van der Waals surface area contributed by atoms with Gasteiger partial charge in [0.15, 0.2) is 0 Å². The van der Waals surface area contributed by atoms with Gasteiger partial charge < -0.3 is 8.85 Å². The predicted octanol–water partition coefficient (Wildman–Crippen LogP) is 1.30. The molecule has 0 saturated carbocycles. The van der Waals surface area contributed by atoms with E-state index in [0.29, 0.717) is 0 Å². The lowest BCUT2D eigenvalue weighted by molar-refractivity contribution is 0.230. The van der Waals surface area contributed by atoms with Crippen LogP contribution in [-0.2, 0) is 8.85 Å². The number of hydrogen-bond acceptors (Lipinski definition) is 2. The van der Waals surface area contributed by atoms with Gasteiger partial charge in [-0.05, 0) is 12.5 Å². The molecule has 0 aliphatic heterocycles. The van der Waals surface area contributed by atoms with Crippen LogP contribution in [0.3, 0.4) is 0 Å². The highest BCUT2D eigenvalue weighted by atomic mass is 28.3. The fraction of sp³-hybridized carbons (Fsp3) is 1.00. The third-order valence-corrected chi connectivity index (χ3v) is 2.90. The predicted molar refractivity (Wildman–Crippen MR) is 40.9 cm³/mol. The minimum Gasteiger partial charge on any atom is -0.400 e. The Kier molecular flexibility index (Phi) is 6.35. The largest absolute Gasteiger partial charge is 0.400 e. The average molecular weight is 148 g/mol. The molecule has 1 unspecified atom stereocenters. The fourth-order valence-corrected chi connectivity index (χ4v) is 1.81. The molecule has 0 aromatic heterocycles. The van der Waals surface area contributed by atoms with E-state index in [2.05, 4.69) is 13.8 Å². The van der Waals surface area contributed by atoms with E-state index in [0.717, 1.165) is 19.1 Å². The molecule has 0 amide bonds. The van der Waals surface area contributed by atoms with Crippen LogP contribution in [0.25, 0.3) is 0 Å². The Morgan fingerprint density at radius 2 is 2.00 bits per heavy atom. The summed E-state index contributed by atoms with van der Waals surface area (Å²) >= 11 is 0. The van der Waals surface area contributed by atoms with Crippen molar-refractivity contribution < 1.29 is 8.85 Å². The SMILES string of the molecule is CCCO[SiH](CC)OC. The summed E-state index contributed by atoms with van der Waals surface area (Å²) in [6, 6.07) is 1.07. The van der Waals surface area contributed by atoms with Gasteiger partial charge in [0.05, 0.1) is 0 Å². The molecule has 0 bridgehead atoms. The molecule has 0 aromatic carbocycles. The lowest BCUT2D eigenvalue weighted by Crippen LogP contribution is -2.19. The Balaban J connectivity index is 3.09. The van der Waals surface area contributed by atoms with Gasteiger partial charge in [-0.3, -0.25) is 0 Å². The Labute approximate surface area is 59.0 Å². The molecule has 1 atom stereocenters. The molecule has 0 N–H and O–H groups in total. The van der Waals surface area contributed by atoms with Crippen molar-refractivity contribution >= 4 is 9.28 Å². The minimum atomic E-state index is -1.21. The van der Waals surface area contributed by atoms with Crippen LogP contribution >= 0.6 is 0 Å². The summed E-state index contributed by atoms with van der Waals surface area (Å²) in [5, 5.41) is 0. The van der Waals surface area contributed by atoms with Gasteiger partial charge in [0.25, 0.3) is 0 Å². The van der Waals surface area contributed by atoms with E-state index in [1.807, 2.05) is 0 Å². The van der Waals surface area contributed by atoms with Crippen LogP contribution in [0.5, 0.6) is 0 Å². The Morgan fingerprint density at radius 3 is 2.33 bits per heavy atom. The van der Waals surface area contributed by atoms with Crippen LogP contribution in [0.4, 0.5) is 0 Å². The highest BCUT2D eigenvalue weighted by molar-refractivity contribution is 6.44. The summed E-state index contributed by atoms with van der Waals surface area (Å²) in [6.45, 7) is 5.07. The molecule has 0 fully saturated rings. The van der Waals surface area contributed by atoms with E-state index in [1.54, 1.807) is 7.11 Å². The zero-order valence-corrected chi connectivity index (χ0v) is 7.67. The number of rotatable bonds is 5. The van der Waals surface area contributed by atoms with E-state index >= 15 is 0 Å². The Bertz CT molecular complexity index is 55.0. The first-order valence-electron chi connectivity index (χ1n) is 3.49. The van der Waals surface area contributed by atoms with Crippen molar-refractivity contribution in [3.63, 3.8) is 0 Å². The van der Waals surface area contributed by atoms with Crippen LogP contribution in [-0.4, -0.2) is 23.0 Å². The zero-order chi connectivity index (χ0) is 7.11. The maximum absolute atomic E-state index is 5.41. The summed E-state index contributed by atoms with van der Waals surface area (Å²) in [5.74, 6) is 0. The van der Waals surface area contributed by atoms with Gasteiger partial charge in [0, 0.05) is 13.7 Å². The van der Waals surface area contributed by atoms with Gasteiger partial charge in [0.1, 0.15) is 0 Å². The minimum absolute atomic E-state index is 0.860. The van der Waals surface area contributed by atoms with Crippen molar-refractivity contribution in [1.82, 2.24) is 0 Å². The van der Waals surface area contributed by atoms with Crippen molar-refractivity contribution in [3.8, 4) is 0 Å². The molecule has 56 valence electrons. The van der Waals surface area contributed by atoms with E-state index in [4.69, 9.17) is 8.85 Å². The maximum Gasteiger partial charge on any atom is 0.320 e. The average Bonchev–Trinajstić information content (AvgIpc) is 1.91. The van der Waals surface area contributed by atoms with E-state index in [9.17, 15) is 0 Å². The van der Waals surface area contributed by atoms with Crippen molar-refractivity contribution in [2.24, 2.45) is 0 Å². The molecule has 0 rings (SSSR count). The molecule has 2 nitrogen and oxygen atoms in total. The highest BCUT2D eigenvalue weighted by Gasteiger charge is 2.05. The molecular weight excluding hydrogens is 132 g/mol. The molecular formula is C6H16O2Si. The van der Waals surface area contributed by atoms with Gasteiger partial charge in [0.2, 0.25) is 0 Å². The molecule has 0 spiro atoms. The van der Waals surface area contributed by atoms with E-state index in [1.165, 1.54) is 0 Å². The van der Waals surface area contributed by atoms with Gasteiger partial charge in [-0.15, -0.1) is 0 Å². The van der Waals surface area contributed by atoms with Crippen molar-refractivity contribution in [3.05, 3.63) is 0 Å². The summed E-state index contributed by atoms with van der Waals surface area (Å²) < 4.78 is 10.5. The lowest BCUT2D eigenvalue weighted by atomic mass is 10.5. The monoisotopic (exact) mass is 148 g/mol. The molecule has 9 heavy (non-hydrogen) atoms. The highest BCUT2D eigenvalue weighted by Crippen LogP contribution is 1.94. The second-order valence-corrected chi connectivity index (χ2v) is 4.42. The van der Waals surface area contributed by atoms with Crippen LogP contribution in [0, 0.1) is 0 Å². The van der Waals surface area contributed by atoms with E-state index < -0.39 is 9.28 Å². The molecule has 0 aliphatic carbocycles. The maximum atomic E-state index is 5.41. The quantitative estimate of drug-likeness (QED) is 0.547. The molecule has 0 heterocycles. The fourth-order valence-electron chi connectivity index (χ4n) is 0.602. The van der Waals surface area contributed by atoms with Crippen LogP contribution in [0.2, 0.25) is 6.04 Å².